The fourth-order valence-electron chi connectivity index (χ4n) is 2.89. The Bertz CT molecular complexity index is 469. The maximum Gasteiger partial charge on any atom is 0.331 e. The molecule has 0 aromatic carbocycles. The summed E-state index contributed by atoms with van der Waals surface area (Å²) in [5.74, 6) is -1.49. The van der Waals surface area contributed by atoms with Crippen molar-refractivity contribution >= 4 is 23.8 Å². The predicted octanol–water partition coefficient (Wildman–Crippen LogP) is -0.0333. The molecule has 2 aliphatic rings. The highest BCUT2D eigenvalue weighted by Crippen LogP contribution is 2.29. The number of carbonyl (C=O) groups excluding carboxylic acids is 4. The van der Waals surface area contributed by atoms with E-state index in [1.807, 2.05) is 0 Å². The molecule has 0 unspecified atom stereocenters. The van der Waals surface area contributed by atoms with Gasteiger partial charge in [0.15, 0.2) is 0 Å². The zero-order chi connectivity index (χ0) is 16.2. The summed E-state index contributed by atoms with van der Waals surface area (Å²) in [6, 6.07) is -1.67. The Hall–Kier alpha value is -2.12. The average molecular weight is 311 g/mol. The molecule has 1 aliphatic heterocycles. The van der Waals surface area contributed by atoms with Crippen LogP contribution in [0.3, 0.4) is 0 Å². The van der Waals surface area contributed by atoms with Gasteiger partial charge in [-0.15, -0.1) is 0 Å². The van der Waals surface area contributed by atoms with Crippen LogP contribution in [0.2, 0.25) is 0 Å². The lowest BCUT2D eigenvalue weighted by molar-refractivity contribution is -0.155. The number of urea groups is 1. The van der Waals surface area contributed by atoms with Crippen LogP contribution in [0.4, 0.5) is 4.79 Å². The molecule has 0 spiro atoms. The molecule has 2 fully saturated rings. The van der Waals surface area contributed by atoms with Gasteiger partial charge in [0.1, 0.15) is 11.6 Å². The Morgan fingerprint density at radius 1 is 1.27 bits per heavy atom. The normalized spacial score (nSPS) is 24.0. The van der Waals surface area contributed by atoms with Crippen molar-refractivity contribution in [2.45, 2.75) is 57.0 Å². The topological polar surface area (TPSA) is 114 Å². The van der Waals surface area contributed by atoms with Gasteiger partial charge in [0.05, 0.1) is 13.0 Å². The second-order valence-electron chi connectivity index (χ2n) is 5.63. The third-order valence-electron chi connectivity index (χ3n) is 4.00. The number of esters is 1. The highest BCUT2D eigenvalue weighted by atomic mass is 16.5. The largest absolute Gasteiger partial charge is 0.464 e. The van der Waals surface area contributed by atoms with Crippen LogP contribution in [0.5, 0.6) is 0 Å². The SMILES string of the molecule is CCOC(=O)C1(NC(=O)[C@@H]2CC(=O)NC(=O)N2)CCCCC1. The Morgan fingerprint density at radius 3 is 2.55 bits per heavy atom. The van der Waals surface area contributed by atoms with Gasteiger partial charge < -0.3 is 15.4 Å². The number of hydrogen-bond donors (Lipinski definition) is 3. The van der Waals surface area contributed by atoms with E-state index in [4.69, 9.17) is 4.74 Å². The Labute approximate surface area is 128 Å². The first kappa shape index (κ1) is 16.3. The molecule has 0 aromatic heterocycles. The van der Waals surface area contributed by atoms with E-state index in [0.29, 0.717) is 12.8 Å². The third kappa shape index (κ3) is 3.55. The lowest BCUT2D eigenvalue weighted by atomic mass is 9.81. The molecule has 1 saturated heterocycles. The van der Waals surface area contributed by atoms with Crippen LogP contribution in [-0.4, -0.2) is 42.0 Å². The summed E-state index contributed by atoms with van der Waals surface area (Å²) < 4.78 is 5.09. The number of amides is 4. The maximum atomic E-state index is 12.4. The first-order valence-electron chi connectivity index (χ1n) is 7.56. The van der Waals surface area contributed by atoms with Gasteiger partial charge in [-0.2, -0.15) is 0 Å². The summed E-state index contributed by atoms with van der Waals surface area (Å²) in [5.41, 5.74) is -1.05. The van der Waals surface area contributed by atoms with E-state index in [1.165, 1.54) is 0 Å². The van der Waals surface area contributed by atoms with E-state index in [1.54, 1.807) is 6.92 Å². The third-order valence-corrected chi connectivity index (χ3v) is 4.00. The van der Waals surface area contributed by atoms with E-state index < -0.39 is 35.4 Å². The fraction of sp³-hybridized carbons (Fsp3) is 0.714. The first-order chi connectivity index (χ1) is 10.5. The molecular weight excluding hydrogens is 290 g/mol. The smallest absolute Gasteiger partial charge is 0.331 e. The van der Waals surface area contributed by atoms with Gasteiger partial charge in [0.25, 0.3) is 0 Å². The first-order valence-corrected chi connectivity index (χ1v) is 7.56. The van der Waals surface area contributed by atoms with E-state index in [-0.39, 0.29) is 13.0 Å². The van der Waals surface area contributed by atoms with Crippen molar-refractivity contribution in [3.63, 3.8) is 0 Å². The molecule has 22 heavy (non-hydrogen) atoms. The minimum Gasteiger partial charge on any atom is -0.464 e. The number of nitrogens with one attached hydrogen (secondary N) is 3. The fourth-order valence-corrected chi connectivity index (χ4v) is 2.89. The van der Waals surface area contributed by atoms with E-state index >= 15 is 0 Å². The lowest BCUT2D eigenvalue weighted by Gasteiger charge is -2.37. The van der Waals surface area contributed by atoms with Crippen LogP contribution >= 0.6 is 0 Å². The van der Waals surface area contributed by atoms with Gasteiger partial charge in [-0.05, 0) is 19.8 Å². The number of hydrogen-bond acceptors (Lipinski definition) is 5. The van der Waals surface area contributed by atoms with Gasteiger partial charge in [0, 0.05) is 0 Å². The summed E-state index contributed by atoms with van der Waals surface area (Å²) in [4.78, 5) is 47.3. The van der Waals surface area contributed by atoms with Crippen molar-refractivity contribution in [3.8, 4) is 0 Å². The van der Waals surface area contributed by atoms with E-state index in [9.17, 15) is 19.2 Å². The molecule has 4 amide bonds. The molecule has 1 atom stereocenters. The zero-order valence-corrected chi connectivity index (χ0v) is 12.6. The monoisotopic (exact) mass is 311 g/mol. The number of rotatable bonds is 4. The van der Waals surface area contributed by atoms with Crippen molar-refractivity contribution in [2.24, 2.45) is 0 Å². The summed E-state index contributed by atoms with van der Waals surface area (Å²) in [6.45, 7) is 1.95. The second-order valence-corrected chi connectivity index (χ2v) is 5.63. The van der Waals surface area contributed by atoms with Gasteiger partial charge in [-0.1, -0.05) is 19.3 Å². The Kier molecular flexibility index (Phi) is 4.99. The highest BCUT2D eigenvalue weighted by Gasteiger charge is 2.44. The van der Waals surface area contributed by atoms with Crippen LogP contribution < -0.4 is 16.0 Å². The molecule has 0 aromatic rings. The molecule has 0 bridgehead atoms. The Morgan fingerprint density at radius 2 is 1.95 bits per heavy atom. The molecule has 2 rings (SSSR count). The summed E-state index contributed by atoms with van der Waals surface area (Å²) in [6.07, 6.45) is 3.50. The van der Waals surface area contributed by atoms with Gasteiger partial charge in [0.2, 0.25) is 11.8 Å². The second kappa shape index (κ2) is 6.76. The molecular formula is C14H21N3O5. The van der Waals surface area contributed by atoms with Crippen LogP contribution in [0.25, 0.3) is 0 Å². The number of imide groups is 1. The average Bonchev–Trinajstić information content (AvgIpc) is 2.47. The predicted molar refractivity (Wildman–Crippen MR) is 75.7 cm³/mol. The molecule has 1 saturated carbocycles. The van der Waals surface area contributed by atoms with Crippen molar-refractivity contribution in [1.29, 1.82) is 0 Å². The summed E-state index contributed by atoms with van der Waals surface area (Å²) >= 11 is 0. The minimum absolute atomic E-state index is 0.142. The lowest BCUT2D eigenvalue weighted by Crippen LogP contribution is -2.63. The molecule has 0 radical (unpaired) electrons. The molecule has 1 aliphatic carbocycles. The molecule has 8 nitrogen and oxygen atoms in total. The van der Waals surface area contributed by atoms with Gasteiger partial charge >= 0.3 is 12.0 Å². The summed E-state index contributed by atoms with van der Waals surface area (Å²) in [7, 11) is 0. The van der Waals surface area contributed by atoms with Crippen molar-refractivity contribution in [3.05, 3.63) is 0 Å². The quantitative estimate of drug-likeness (QED) is 0.631. The van der Waals surface area contributed by atoms with Gasteiger partial charge in [-0.3, -0.25) is 14.9 Å². The molecule has 1 heterocycles. The van der Waals surface area contributed by atoms with E-state index in [2.05, 4.69) is 16.0 Å². The number of carbonyl (C=O) groups is 4. The maximum absolute atomic E-state index is 12.4. The number of ether oxygens (including phenoxy) is 1. The van der Waals surface area contributed by atoms with Crippen LogP contribution in [0.15, 0.2) is 0 Å². The highest BCUT2D eigenvalue weighted by molar-refractivity contribution is 6.03. The Balaban J connectivity index is 2.09. The van der Waals surface area contributed by atoms with Crippen molar-refractivity contribution in [2.75, 3.05) is 6.61 Å². The van der Waals surface area contributed by atoms with E-state index in [0.717, 1.165) is 19.3 Å². The van der Waals surface area contributed by atoms with Crippen LogP contribution in [0, 0.1) is 0 Å². The molecule has 3 N–H and O–H groups in total. The van der Waals surface area contributed by atoms with Gasteiger partial charge in [-0.25, -0.2) is 9.59 Å². The van der Waals surface area contributed by atoms with Crippen LogP contribution in [0.1, 0.15) is 45.4 Å². The molecule has 122 valence electrons. The summed E-state index contributed by atoms with van der Waals surface area (Å²) in [5, 5.41) is 7.17. The minimum atomic E-state index is -1.05. The standard InChI is InChI=1S/C14H21N3O5/c1-2-22-12(20)14(6-4-3-5-7-14)17-11(19)9-8-10(18)16-13(21)15-9/h9H,2-8H2,1H3,(H,17,19)(H2,15,16,18,21)/t9-/m0/s1. The van der Waals surface area contributed by atoms with Crippen molar-refractivity contribution < 1.29 is 23.9 Å². The van der Waals surface area contributed by atoms with Crippen LogP contribution in [-0.2, 0) is 19.1 Å². The molecule has 8 heteroatoms. The van der Waals surface area contributed by atoms with Crippen molar-refractivity contribution in [1.82, 2.24) is 16.0 Å². The zero-order valence-electron chi connectivity index (χ0n) is 12.6.